The van der Waals surface area contributed by atoms with Gasteiger partial charge in [-0.3, -0.25) is 4.79 Å². The number of fused-ring (bicyclic) bond motifs is 1. The Kier molecular flexibility index (Phi) is 3.62. The number of rotatable bonds is 3. The molecule has 0 aromatic heterocycles. The molecule has 2 unspecified atom stereocenters. The Balaban J connectivity index is 1.26. The smallest absolute Gasteiger partial charge is 0.312 e. The first kappa shape index (κ1) is 18.5. The average Bonchev–Trinajstić information content (AvgIpc) is 3.16. The van der Waals surface area contributed by atoms with Gasteiger partial charge in [-0.1, -0.05) is 50.6 Å². The molecule has 0 N–H and O–H groups in total. The highest BCUT2D eigenvalue weighted by Gasteiger charge is 2.78. The Bertz CT molecular complexity index is 847. The lowest BCUT2D eigenvalue weighted by Gasteiger charge is -2.65. The van der Waals surface area contributed by atoms with Crippen molar-refractivity contribution >= 4 is 5.97 Å². The molecule has 2 nitrogen and oxygen atoms in total. The zero-order valence-electron chi connectivity index (χ0n) is 18.4. The summed E-state index contributed by atoms with van der Waals surface area (Å²) < 4.78 is 5.94. The zero-order chi connectivity index (χ0) is 20.1. The van der Waals surface area contributed by atoms with Gasteiger partial charge in [-0.25, -0.2) is 0 Å². The summed E-state index contributed by atoms with van der Waals surface area (Å²) in [5, 5.41) is 0. The van der Waals surface area contributed by atoms with E-state index in [-0.39, 0.29) is 11.4 Å². The van der Waals surface area contributed by atoms with E-state index in [4.69, 9.17) is 4.74 Å². The molecule has 0 heterocycles. The summed E-state index contributed by atoms with van der Waals surface area (Å²) in [4.78, 5) is 13.4. The minimum Gasteiger partial charge on any atom is -0.460 e. The van der Waals surface area contributed by atoms with Crippen LogP contribution in [-0.4, -0.2) is 5.97 Å². The van der Waals surface area contributed by atoms with E-state index in [1.165, 1.54) is 44.9 Å². The van der Waals surface area contributed by atoms with Crippen LogP contribution in [0.2, 0.25) is 0 Å². The number of hydrogen-bond acceptors (Lipinski definition) is 2. The number of ether oxygens (including phenoxy) is 1. The van der Waals surface area contributed by atoms with Crippen molar-refractivity contribution in [2.45, 2.75) is 78.7 Å². The number of hydrogen-bond donors (Lipinski definition) is 0. The molecule has 7 rings (SSSR count). The minimum atomic E-state index is -0.309. The van der Waals surface area contributed by atoms with Gasteiger partial charge >= 0.3 is 5.97 Å². The van der Waals surface area contributed by atoms with E-state index in [1.807, 2.05) is 30.3 Å². The van der Waals surface area contributed by atoms with Crippen LogP contribution in [0.5, 0.6) is 0 Å². The van der Waals surface area contributed by atoms with Crippen molar-refractivity contribution in [2.24, 2.45) is 45.3 Å². The number of carbonyl (C=O) groups excluding carboxylic acids is 1. The fourth-order valence-electron chi connectivity index (χ4n) is 9.75. The predicted molar refractivity (Wildman–Crippen MR) is 114 cm³/mol. The molecular formula is C27H36O2. The van der Waals surface area contributed by atoms with Crippen LogP contribution in [0.1, 0.15) is 77.7 Å². The van der Waals surface area contributed by atoms with Crippen molar-refractivity contribution in [3.63, 3.8) is 0 Å². The van der Waals surface area contributed by atoms with Crippen molar-refractivity contribution < 1.29 is 9.53 Å². The molecule has 0 saturated heterocycles. The van der Waals surface area contributed by atoms with E-state index < -0.39 is 0 Å². The minimum absolute atomic E-state index is 0.0618. The third-order valence-corrected chi connectivity index (χ3v) is 11.0. The molecule has 6 fully saturated rings. The van der Waals surface area contributed by atoms with Gasteiger partial charge in [-0.15, -0.1) is 0 Å². The van der Waals surface area contributed by atoms with Gasteiger partial charge in [0.25, 0.3) is 0 Å². The first-order valence-electron chi connectivity index (χ1n) is 12.0. The van der Waals surface area contributed by atoms with Gasteiger partial charge in [0.1, 0.15) is 6.61 Å². The van der Waals surface area contributed by atoms with Crippen LogP contribution in [0, 0.1) is 45.3 Å². The lowest BCUT2D eigenvalue weighted by Crippen LogP contribution is -2.59. The summed E-state index contributed by atoms with van der Waals surface area (Å²) in [5.74, 6) is 3.41. The summed E-state index contributed by atoms with van der Waals surface area (Å²) in [7, 11) is 0. The standard InChI is InChI=1S/C27H36O2/c1-24-11-7-12-25(2,23(28)29-16-18-8-5-4-6-9-18)21(24)10-13-27-15-20-19(14-22(24)27)26(20,3)17-27/h4-6,8-9,19-22H,7,10-17H2,1-3H3/t19-,20?,21-,22-,24?,25+,26+,27-/m0/s1. The molecule has 6 aliphatic carbocycles. The topological polar surface area (TPSA) is 26.3 Å². The molecule has 29 heavy (non-hydrogen) atoms. The molecule has 0 amide bonds. The van der Waals surface area contributed by atoms with Crippen LogP contribution in [0.15, 0.2) is 30.3 Å². The van der Waals surface area contributed by atoms with Crippen molar-refractivity contribution in [2.75, 3.05) is 0 Å². The second-order valence-electron chi connectivity index (χ2n) is 12.2. The molecular weight excluding hydrogens is 356 g/mol. The summed E-state index contributed by atoms with van der Waals surface area (Å²) in [5.41, 5.74) is 2.40. The van der Waals surface area contributed by atoms with Gasteiger partial charge in [0.05, 0.1) is 5.41 Å². The van der Waals surface area contributed by atoms with Crippen LogP contribution in [0.4, 0.5) is 0 Å². The van der Waals surface area contributed by atoms with Crippen molar-refractivity contribution in [3.8, 4) is 0 Å². The SMILES string of the molecule is CC12CCC[C@@](C)(C(=O)OCc3ccccc3)[C@H]1CC[C@@]13CC4[C@H](C[C@@H]21)[C@@]4(C)C3. The third-order valence-electron chi connectivity index (χ3n) is 11.0. The third kappa shape index (κ3) is 2.27. The quantitative estimate of drug-likeness (QED) is 0.557. The Morgan fingerprint density at radius 1 is 1.00 bits per heavy atom. The Labute approximate surface area is 175 Å². The normalized spacial score (nSPS) is 51.7. The maximum Gasteiger partial charge on any atom is 0.312 e. The lowest BCUT2D eigenvalue weighted by molar-refractivity contribution is -0.192. The van der Waals surface area contributed by atoms with E-state index in [1.54, 1.807) is 0 Å². The Morgan fingerprint density at radius 2 is 1.79 bits per heavy atom. The van der Waals surface area contributed by atoms with Crippen LogP contribution >= 0.6 is 0 Å². The second kappa shape index (κ2) is 5.68. The predicted octanol–water partition coefficient (Wildman–Crippen LogP) is 6.39. The first-order valence-corrected chi connectivity index (χ1v) is 12.0. The maximum atomic E-state index is 13.4. The molecule has 6 saturated carbocycles. The van der Waals surface area contributed by atoms with Crippen molar-refractivity contribution in [3.05, 3.63) is 35.9 Å². The molecule has 1 aromatic carbocycles. The summed E-state index contributed by atoms with van der Waals surface area (Å²) in [6.45, 7) is 7.80. The van der Waals surface area contributed by atoms with Crippen LogP contribution in [0.3, 0.4) is 0 Å². The molecule has 4 bridgehead atoms. The lowest BCUT2D eigenvalue weighted by atomic mass is 9.39. The Morgan fingerprint density at radius 3 is 2.52 bits per heavy atom. The first-order chi connectivity index (χ1) is 13.8. The van der Waals surface area contributed by atoms with Crippen molar-refractivity contribution in [1.29, 1.82) is 0 Å². The van der Waals surface area contributed by atoms with Gasteiger partial charge in [-0.05, 0) is 97.3 Å². The van der Waals surface area contributed by atoms with Crippen LogP contribution in [-0.2, 0) is 16.1 Å². The van der Waals surface area contributed by atoms with E-state index in [0.29, 0.717) is 28.8 Å². The number of carbonyl (C=O) groups is 1. The van der Waals surface area contributed by atoms with E-state index in [0.717, 1.165) is 29.7 Å². The molecule has 0 aliphatic heterocycles. The molecule has 2 heteroatoms. The molecule has 1 aromatic rings. The van der Waals surface area contributed by atoms with Gasteiger partial charge < -0.3 is 4.74 Å². The zero-order valence-corrected chi connectivity index (χ0v) is 18.4. The van der Waals surface area contributed by atoms with Gasteiger partial charge in [0.15, 0.2) is 0 Å². The summed E-state index contributed by atoms with van der Waals surface area (Å²) in [6, 6.07) is 10.1. The highest BCUT2D eigenvalue weighted by Crippen LogP contribution is 2.85. The largest absolute Gasteiger partial charge is 0.460 e. The molecule has 1 spiro atoms. The summed E-state index contributed by atoms with van der Waals surface area (Å²) in [6.07, 6.45) is 10.5. The maximum absolute atomic E-state index is 13.4. The number of benzene rings is 1. The Hall–Kier alpha value is -1.31. The fourth-order valence-corrected chi connectivity index (χ4v) is 9.75. The van der Waals surface area contributed by atoms with Gasteiger partial charge in [-0.2, -0.15) is 0 Å². The molecule has 8 atom stereocenters. The van der Waals surface area contributed by atoms with Gasteiger partial charge in [0, 0.05) is 0 Å². The second-order valence-corrected chi connectivity index (χ2v) is 12.2. The highest BCUT2D eigenvalue weighted by molar-refractivity contribution is 5.77. The average molecular weight is 393 g/mol. The molecule has 156 valence electrons. The van der Waals surface area contributed by atoms with Crippen LogP contribution < -0.4 is 0 Å². The van der Waals surface area contributed by atoms with Gasteiger partial charge in [0.2, 0.25) is 0 Å². The van der Waals surface area contributed by atoms with E-state index in [2.05, 4.69) is 20.8 Å². The number of esters is 1. The monoisotopic (exact) mass is 392 g/mol. The van der Waals surface area contributed by atoms with Crippen molar-refractivity contribution in [1.82, 2.24) is 0 Å². The van der Waals surface area contributed by atoms with E-state index in [9.17, 15) is 4.79 Å². The van der Waals surface area contributed by atoms with E-state index >= 15 is 0 Å². The highest BCUT2D eigenvalue weighted by atomic mass is 16.5. The van der Waals surface area contributed by atoms with Crippen LogP contribution in [0.25, 0.3) is 0 Å². The molecule has 6 aliphatic rings. The fraction of sp³-hybridized carbons (Fsp3) is 0.741. The summed E-state index contributed by atoms with van der Waals surface area (Å²) >= 11 is 0. The molecule has 0 radical (unpaired) electrons.